The molecule has 0 saturated heterocycles. The van der Waals surface area contributed by atoms with Gasteiger partial charge in [0, 0.05) is 52.8 Å². The summed E-state index contributed by atoms with van der Waals surface area (Å²) in [7, 11) is 0. The van der Waals surface area contributed by atoms with Gasteiger partial charge in [-0.05, 0) is 65.9 Å². The summed E-state index contributed by atoms with van der Waals surface area (Å²) in [5, 5.41) is 21.0. The first-order chi connectivity index (χ1) is 21.2. The molecular weight excluding hydrogens is 532 g/mol. The second-order valence-corrected chi connectivity index (χ2v) is 11.3. The van der Waals surface area contributed by atoms with Gasteiger partial charge in [-0.3, -0.25) is 0 Å². The number of H-pyrrole nitrogens is 1. The summed E-state index contributed by atoms with van der Waals surface area (Å²) in [5.41, 5.74) is 12.2. The number of anilines is 2. The van der Waals surface area contributed by atoms with Crippen LogP contribution in [0.3, 0.4) is 0 Å². The number of hydrogen-bond acceptors (Lipinski definition) is 6. The first kappa shape index (κ1) is 25.1. The van der Waals surface area contributed by atoms with Crippen LogP contribution in [0.2, 0.25) is 0 Å². The fourth-order valence-corrected chi connectivity index (χ4v) is 6.97. The molecule has 2 aromatic carbocycles. The van der Waals surface area contributed by atoms with Crippen molar-refractivity contribution in [3.05, 3.63) is 119 Å². The Bertz CT molecular complexity index is 2090. The van der Waals surface area contributed by atoms with Gasteiger partial charge < -0.3 is 19.4 Å². The minimum absolute atomic E-state index is 0.438. The van der Waals surface area contributed by atoms with Crippen LogP contribution in [0, 0.1) is 22.7 Å². The van der Waals surface area contributed by atoms with Crippen molar-refractivity contribution < 1.29 is 0 Å². The van der Waals surface area contributed by atoms with Crippen LogP contribution in [0.15, 0.2) is 79.1 Å². The van der Waals surface area contributed by atoms with Gasteiger partial charge in [0.2, 0.25) is 0 Å². The fourth-order valence-electron chi connectivity index (χ4n) is 6.97. The maximum atomic E-state index is 9.20. The number of nitrogens with one attached hydrogen (secondary N) is 1. The van der Waals surface area contributed by atoms with Crippen LogP contribution in [-0.2, 0) is 32.5 Å². The molecule has 8 heteroatoms. The molecule has 0 saturated carbocycles. The number of aromatic nitrogens is 4. The van der Waals surface area contributed by atoms with Crippen molar-refractivity contribution in [2.24, 2.45) is 0 Å². The Labute approximate surface area is 249 Å². The van der Waals surface area contributed by atoms with Gasteiger partial charge in [-0.1, -0.05) is 30.3 Å². The third-order valence-electron chi connectivity index (χ3n) is 9.03. The molecule has 8 nitrogen and oxygen atoms in total. The van der Waals surface area contributed by atoms with Crippen LogP contribution < -0.4 is 9.80 Å². The van der Waals surface area contributed by atoms with Crippen molar-refractivity contribution in [3.63, 3.8) is 0 Å². The molecule has 208 valence electrons. The largest absolute Gasteiger partial charge is 0.364 e. The van der Waals surface area contributed by atoms with Gasteiger partial charge in [0.15, 0.2) is 0 Å². The van der Waals surface area contributed by atoms with Crippen LogP contribution in [0.5, 0.6) is 0 Å². The summed E-state index contributed by atoms with van der Waals surface area (Å²) in [4.78, 5) is 17.0. The Balaban J connectivity index is 1.16. The van der Waals surface area contributed by atoms with Crippen molar-refractivity contribution in [2.75, 3.05) is 22.9 Å². The lowest BCUT2D eigenvalue weighted by atomic mass is 9.99. The van der Waals surface area contributed by atoms with Gasteiger partial charge in [-0.25, -0.2) is 9.97 Å². The molecule has 0 fully saturated rings. The number of para-hydroxylation sites is 1. The van der Waals surface area contributed by atoms with E-state index in [-0.39, 0.29) is 0 Å². The summed E-state index contributed by atoms with van der Waals surface area (Å²) in [6, 6.07) is 27.2. The number of rotatable bonds is 4. The third-order valence-corrected chi connectivity index (χ3v) is 9.03. The number of nitriles is 2. The van der Waals surface area contributed by atoms with Crippen LogP contribution in [0.4, 0.5) is 11.4 Å². The number of pyridine rings is 2. The Hall–Kier alpha value is -5.60. The lowest BCUT2D eigenvalue weighted by Crippen LogP contribution is -2.31. The molecule has 1 N–H and O–H groups in total. The summed E-state index contributed by atoms with van der Waals surface area (Å²) in [5.74, 6) is 0. The van der Waals surface area contributed by atoms with Gasteiger partial charge in [-0.2, -0.15) is 10.5 Å². The minimum Gasteiger partial charge on any atom is -0.364 e. The van der Waals surface area contributed by atoms with Crippen molar-refractivity contribution >= 4 is 33.2 Å². The van der Waals surface area contributed by atoms with Gasteiger partial charge in [-0.15, -0.1) is 0 Å². The van der Waals surface area contributed by atoms with E-state index in [0.717, 1.165) is 56.9 Å². The van der Waals surface area contributed by atoms with Crippen molar-refractivity contribution in [1.82, 2.24) is 19.5 Å². The van der Waals surface area contributed by atoms with E-state index in [1.165, 1.54) is 49.9 Å². The molecule has 0 spiro atoms. The van der Waals surface area contributed by atoms with E-state index in [1.807, 2.05) is 18.3 Å². The first-order valence-electron chi connectivity index (χ1n) is 14.6. The van der Waals surface area contributed by atoms with E-state index in [4.69, 9.17) is 5.26 Å². The molecule has 0 bridgehead atoms. The molecule has 0 aliphatic carbocycles. The Morgan fingerprint density at radius 3 is 2.14 bits per heavy atom. The van der Waals surface area contributed by atoms with Crippen molar-refractivity contribution in [1.29, 1.82) is 10.5 Å². The quantitative estimate of drug-likeness (QED) is 0.291. The second kappa shape index (κ2) is 10.0. The highest BCUT2D eigenvalue weighted by Gasteiger charge is 2.26. The van der Waals surface area contributed by atoms with Crippen LogP contribution >= 0.6 is 0 Å². The molecule has 8 rings (SSSR count). The van der Waals surface area contributed by atoms with E-state index in [1.54, 1.807) is 18.3 Å². The summed E-state index contributed by atoms with van der Waals surface area (Å²) in [6.45, 7) is 4.19. The molecule has 0 radical (unpaired) electrons. The fraction of sp³-hybridized carbons (Fsp3) is 0.200. The molecular formula is C35H28N8. The molecule has 43 heavy (non-hydrogen) atoms. The predicted octanol–water partition coefficient (Wildman–Crippen LogP) is 5.83. The Kier molecular flexibility index (Phi) is 5.87. The summed E-state index contributed by atoms with van der Waals surface area (Å²) >= 11 is 0. The van der Waals surface area contributed by atoms with Gasteiger partial charge in [0.25, 0.3) is 0 Å². The molecule has 2 aliphatic heterocycles. The molecule has 0 atom stereocenters. The van der Waals surface area contributed by atoms with Crippen molar-refractivity contribution in [2.45, 2.75) is 32.5 Å². The first-order valence-corrected chi connectivity index (χ1v) is 14.6. The predicted molar refractivity (Wildman–Crippen MR) is 167 cm³/mol. The highest BCUT2D eigenvalue weighted by Crippen LogP contribution is 2.36. The van der Waals surface area contributed by atoms with Crippen LogP contribution in [-0.4, -0.2) is 32.6 Å². The number of aromatic amines is 1. The van der Waals surface area contributed by atoms with E-state index < -0.39 is 0 Å². The second-order valence-electron chi connectivity index (χ2n) is 11.3. The average molecular weight is 561 g/mol. The van der Waals surface area contributed by atoms with Crippen molar-refractivity contribution in [3.8, 4) is 12.1 Å². The third kappa shape index (κ3) is 4.19. The van der Waals surface area contributed by atoms with E-state index >= 15 is 0 Å². The molecule has 0 unspecified atom stereocenters. The zero-order valence-electron chi connectivity index (χ0n) is 23.6. The number of fused-ring (bicyclic) bond motifs is 6. The Morgan fingerprint density at radius 1 is 0.744 bits per heavy atom. The molecule has 4 aromatic heterocycles. The molecule has 6 heterocycles. The number of hydrogen-bond donors (Lipinski definition) is 1. The van der Waals surface area contributed by atoms with Crippen LogP contribution in [0.1, 0.15) is 39.5 Å². The maximum absolute atomic E-state index is 9.20. The zero-order valence-corrected chi connectivity index (χ0v) is 23.6. The SMILES string of the molecule is N#Cc1ccc(N2CCc3c([nH]c4cccc(Cn5c6c(c7ccccc75)CCN(c5ccc(C#N)nc5)C6)c34)C2)cn1. The van der Waals surface area contributed by atoms with Gasteiger partial charge in [0.1, 0.15) is 23.5 Å². The van der Waals surface area contributed by atoms with Crippen LogP contribution in [0.25, 0.3) is 21.8 Å². The summed E-state index contributed by atoms with van der Waals surface area (Å²) < 4.78 is 2.51. The topological polar surface area (TPSA) is 101 Å². The molecule has 6 aromatic rings. The highest BCUT2D eigenvalue weighted by molar-refractivity contribution is 5.90. The normalized spacial score (nSPS) is 14.4. The standard InChI is InChI=1S/C35H28N8/c36-16-24-8-10-26(18-38-24)41-15-13-30-32(21-41)40-31-6-3-4-23(35(30)31)20-43-33-7-2-1-5-28(33)29-12-14-42(22-34(29)43)27-11-9-25(17-37)39-19-27/h1-11,18-19,40H,12-15,20-22H2. The monoisotopic (exact) mass is 560 g/mol. The molecule has 0 amide bonds. The van der Waals surface area contributed by atoms with E-state index in [2.05, 4.69) is 83.9 Å². The summed E-state index contributed by atoms with van der Waals surface area (Å²) in [6.07, 6.45) is 5.53. The highest BCUT2D eigenvalue weighted by atomic mass is 15.2. The average Bonchev–Trinajstić information content (AvgIpc) is 3.60. The van der Waals surface area contributed by atoms with Gasteiger partial charge in [0.05, 0.1) is 36.9 Å². The zero-order chi connectivity index (χ0) is 28.9. The Morgan fingerprint density at radius 2 is 1.44 bits per heavy atom. The molecule has 2 aliphatic rings. The minimum atomic E-state index is 0.438. The number of benzene rings is 2. The lowest BCUT2D eigenvalue weighted by molar-refractivity contribution is 0.667. The number of nitrogens with zero attached hydrogens (tertiary/aromatic N) is 7. The van der Waals surface area contributed by atoms with E-state index in [0.29, 0.717) is 11.4 Å². The smallest absolute Gasteiger partial charge is 0.140 e. The van der Waals surface area contributed by atoms with E-state index in [9.17, 15) is 5.26 Å². The van der Waals surface area contributed by atoms with Gasteiger partial charge >= 0.3 is 0 Å². The lowest BCUT2D eigenvalue weighted by Gasteiger charge is -2.30. The maximum Gasteiger partial charge on any atom is 0.140 e.